The summed E-state index contributed by atoms with van der Waals surface area (Å²) < 4.78 is 27.5. The van der Waals surface area contributed by atoms with E-state index in [9.17, 15) is 18.0 Å². The van der Waals surface area contributed by atoms with E-state index in [1.165, 1.54) is 4.31 Å². The van der Waals surface area contributed by atoms with E-state index in [0.717, 1.165) is 30.4 Å². The SMILES string of the molecule is CCNC(=O)C1(NC(=O)C2CCN(S(=O)(=O)c3ccc(C)c(C)c3)CC2)CCCCC1. The highest BCUT2D eigenvalue weighted by Crippen LogP contribution is 2.31. The maximum atomic E-state index is 13.0. The van der Waals surface area contributed by atoms with Crippen molar-refractivity contribution in [3.8, 4) is 0 Å². The zero-order chi connectivity index (χ0) is 22.6. The maximum Gasteiger partial charge on any atom is 0.245 e. The van der Waals surface area contributed by atoms with Crippen LogP contribution in [-0.4, -0.2) is 49.7 Å². The van der Waals surface area contributed by atoms with E-state index >= 15 is 0 Å². The largest absolute Gasteiger partial charge is 0.354 e. The molecule has 2 aliphatic rings. The lowest BCUT2D eigenvalue weighted by atomic mass is 9.80. The summed E-state index contributed by atoms with van der Waals surface area (Å²) in [6.45, 7) is 6.88. The minimum Gasteiger partial charge on any atom is -0.354 e. The summed E-state index contributed by atoms with van der Waals surface area (Å²) >= 11 is 0. The number of sulfonamides is 1. The van der Waals surface area contributed by atoms with Crippen LogP contribution < -0.4 is 10.6 Å². The normalized spacial score (nSPS) is 20.2. The molecule has 2 N–H and O–H groups in total. The lowest BCUT2D eigenvalue weighted by molar-refractivity contribution is -0.137. The third kappa shape index (κ3) is 5.12. The first-order valence-corrected chi connectivity index (χ1v) is 12.8. The molecular formula is C23H35N3O4S. The van der Waals surface area contributed by atoms with E-state index in [1.54, 1.807) is 12.1 Å². The number of benzene rings is 1. The third-order valence-electron chi connectivity index (χ3n) is 6.78. The van der Waals surface area contributed by atoms with Crippen molar-refractivity contribution in [2.75, 3.05) is 19.6 Å². The smallest absolute Gasteiger partial charge is 0.245 e. The van der Waals surface area contributed by atoms with Crippen LogP contribution in [0.4, 0.5) is 0 Å². The number of carbonyl (C=O) groups excluding carboxylic acids is 2. The van der Waals surface area contributed by atoms with Crippen LogP contribution in [0, 0.1) is 19.8 Å². The van der Waals surface area contributed by atoms with Gasteiger partial charge in [0.15, 0.2) is 0 Å². The standard InChI is InChI=1S/C23H35N3O4S/c1-4-24-22(28)23(12-6-5-7-13-23)25-21(27)19-10-14-26(15-11-19)31(29,30)20-9-8-17(2)18(3)16-20/h8-9,16,19H,4-7,10-15H2,1-3H3,(H,24,28)(H,25,27). The Hall–Kier alpha value is -1.93. The third-order valence-corrected chi connectivity index (χ3v) is 8.68. The van der Waals surface area contributed by atoms with Gasteiger partial charge in [0.25, 0.3) is 0 Å². The van der Waals surface area contributed by atoms with E-state index in [0.29, 0.717) is 50.2 Å². The molecule has 0 aromatic heterocycles. The minimum absolute atomic E-state index is 0.0993. The van der Waals surface area contributed by atoms with Crippen LogP contribution in [0.25, 0.3) is 0 Å². The number of piperidine rings is 1. The molecule has 1 saturated carbocycles. The number of nitrogens with one attached hydrogen (secondary N) is 2. The van der Waals surface area contributed by atoms with Crippen molar-refractivity contribution in [2.24, 2.45) is 5.92 Å². The van der Waals surface area contributed by atoms with Gasteiger partial charge in [-0.2, -0.15) is 4.31 Å². The topological polar surface area (TPSA) is 95.6 Å². The predicted molar refractivity (Wildman–Crippen MR) is 120 cm³/mol. The van der Waals surface area contributed by atoms with Crippen molar-refractivity contribution < 1.29 is 18.0 Å². The number of likely N-dealkylation sites (N-methyl/N-ethyl adjacent to an activating group) is 1. The maximum absolute atomic E-state index is 13.0. The van der Waals surface area contributed by atoms with Crippen molar-refractivity contribution in [3.63, 3.8) is 0 Å². The van der Waals surface area contributed by atoms with Crippen molar-refractivity contribution in [2.45, 2.75) is 76.2 Å². The molecule has 2 amide bonds. The molecule has 0 unspecified atom stereocenters. The lowest BCUT2D eigenvalue weighted by Gasteiger charge is -2.38. The van der Waals surface area contributed by atoms with Gasteiger partial charge in [0, 0.05) is 25.6 Å². The Balaban J connectivity index is 1.65. The van der Waals surface area contributed by atoms with Gasteiger partial charge in [0.1, 0.15) is 5.54 Å². The second-order valence-corrected chi connectivity index (χ2v) is 10.9. The van der Waals surface area contributed by atoms with Crippen molar-refractivity contribution >= 4 is 21.8 Å². The summed E-state index contributed by atoms with van der Waals surface area (Å²) in [5.74, 6) is -0.506. The molecule has 0 bridgehead atoms. The first kappa shape index (κ1) is 23.7. The summed E-state index contributed by atoms with van der Waals surface area (Å²) in [4.78, 5) is 26.0. The Labute approximate surface area is 186 Å². The highest BCUT2D eigenvalue weighted by Gasteiger charge is 2.42. The zero-order valence-corrected chi connectivity index (χ0v) is 19.7. The van der Waals surface area contributed by atoms with E-state index in [2.05, 4.69) is 10.6 Å². The monoisotopic (exact) mass is 449 g/mol. The summed E-state index contributed by atoms with van der Waals surface area (Å²) in [6.07, 6.45) is 5.15. The molecule has 1 aromatic carbocycles. The van der Waals surface area contributed by atoms with Crippen LogP contribution in [0.15, 0.2) is 23.1 Å². The first-order valence-electron chi connectivity index (χ1n) is 11.4. The second kappa shape index (κ2) is 9.69. The summed E-state index contributed by atoms with van der Waals surface area (Å²) in [7, 11) is -3.57. The van der Waals surface area contributed by atoms with Crippen molar-refractivity contribution in [1.82, 2.24) is 14.9 Å². The quantitative estimate of drug-likeness (QED) is 0.698. The van der Waals surface area contributed by atoms with Gasteiger partial charge < -0.3 is 10.6 Å². The Kier molecular flexibility index (Phi) is 7.42. The molecule has 7 nitrogen and oxygen atoms in total. The van der Waals surface area contributed by atoms with Gasteiger partial charge in [-0.3, -0.25) is 9.59 Å². The molecule has 1 aliphatic carbocycles. The fourth-order valence-corrected chi connectivity index (χ4v) is 6.17. The van der Waals surface area contributed by atoms with Crippen molar-refractivity contribution in [3.05, 3.63) is 29.3 Å². The highest BCUT2D eigenvalue weighted by molar-refractivity contribution is 7.89. The molecule has 1 aliphatic heterocycles. The minimum atomic E-state index is -3.57. The molecule has 8 heteroatoms. The molecule has 0 radical (unpaired) electrons. The molecule has 0 spiro atoms. The van der Waals surface area contributed by atoms with Crippen LogP contribution in [-0.2, 0) is 19.6 Å². The molecule has 2 fully saturated rings. The number of carbonyl (C=O) groups is 2. The number of amides is 2. The van der Waals surface area contributed by atoms with Gasteiger partial charge in [-0.05, 0) is 69.7 Å². The zero-order valence-electron chi connectivity index (χ0n) is 18.9. The number of hydrogen-bond acceptors (Lipinski definition) is 4. The number of aryl methyl sites for hydroxylation is 2. The molecule has 1 heterocycles. The fourth-order valence-electron chi connectivity index (χ4n) is 4.61. The summed E-state index contributed by atoms with van der Waals surface area (Å²) in [5.41, 5.74) is 1.17. The fraction of sp³-hybridized carbons (Fsp3) is 0.652. The van der Waals surface area contributed by atoms with E-state index in [4.69, 9.17) is 0 Å². The summed E-state index contributed by atoms with van der Waals surface area (Å²) in [5, 5.41) is 5.94. The molecular weight excluding hydrogens is 414 g/mol. The van der Waals surface area contributed by atoms with Crippen LogP contribution in [0.2, 0.25) is 0 Å². The molecule has 1 aromatic rings. The Bertz CT molecular complexity index is 915. The predicted octanol–water partition coefficient (Wildman–Crippen LogP) is 2.66. The average molecular weight is 450 g/mol. The van der Waals surface area contributed by atoms with Crippen molar-refractivity contribution in [1.29, 1.82) is 0 Å². The van der Waals surface area contributed by atoms with Gasteiger partial charge in [0.2, 0.25) is 21.8 Å². The van der Waals surface area contributed by atoms with Gasteiger partial charge in [0.05, 0.1) is 4.90 Å². The van der Waals surface area contributed by atoms with Crippen LogP contribution in [0.1, 0.15) is 63.0 Å². The van der Waals surface area contributed by atoms with E-state index in [-0.39, 0.29) is 17.7 Å². The van der Waals surface area contributed by atoms with Gasteiger partial charge >= 0.3 is 0 Å². The van der Waals surface area contributed by atoms with E-state index in [1.807, 2.05) is 26.8 Å². The highest BCUT2D eigenvalue weighted by atomic mass is 32.2. The molecule has 0 atom stereocenters. The first-order chi connectivity index (χ1) is 14.7. The summed E-state index contributed by atoms with van der Waals surface area (Å²) in [6, 6.07) is 5.19. The van der Waals surface area contributed by atoms with Gasteiger partial charge in [-0.1, -0.05) is 25.3 Å². The average Bonchev–Trinajstić information content (AvgIpc) is 2.76. The van der Waals surface area contributed by atoms with Crippen LogP contribution in [0.5, 0.6) is 0 Å². The molecule has 1 saturated heterocycles. The number of hydrogen-bond donors (Lipinski definition) is 2. The van der Waals surface area contributed by atoms with Gasteiger partial charge in [-0.15, -0.1) is 0 Å². The van der Waals surface area contributed by atoms with Gasteiger partial charge in [-0.25, -0.2) is 8.42 Å². The number of nitrogens with zero attached hydrogens (tertiary/aromatic N) is 1. The Morgan fingerprint density at radius 3 is 2.29 bits per heavy atom. The number of rotatable bonds is 6. The Morgan fingerprint density at radius 2 is 1.71 bits per heavy atom. The molecule has 3 rings (SSSR count). The lowest BCUT2D eigenvalue weighted by Crippen LogP contribution is -2.61. The van der Waals surface area contributed by atoms with Crippen LogP contribution in [0.3, 0.4) is 0 Å². The van der Waals surface area contributed by atoms with E-state index < -0.39 is 15.6 Å². The van der Waals surface area contributed by atoms with Crippen LogP contribution >= 0.6 is 0 Å². The second-order valence-electron chi connectivity index (χ2n) is 8.92. The Morgan fingerprint density at radius 1 is 1.06 bits per heavy atom. The molecule has 172 valence electrons. The molecule has 31 heavy (non-hydrogen) atoms.